The van der Waals surface area contributed by atoms with Gasteiger partial charge in [0.05, 0.1) is 24.6 Å². The molecule has 0 amide bonds. The Labute approximate surface area is 87.1 Å². The highest BCUT2D eigenvalue weighted by atomic mass is 32.1. The third-order valence-corrected chi connectivity index (χ3v) is 2.82. The van der Waals surface area contributed by atoms with E-state index < -0.39 is 0 Å². The minimum absolute atomic E-state index is 0.161. The maximum Gasteiger partial charge on any atom is 0.0967 e. The van der Waals surface area contributed by atoms with Crippen molar-refractivity contribution in [2.24, 2.45) is 0 Å². The van der Waals surface area contributed by atoms with Crippen molar-refractivity contribution in [3.8, 4) is 0 Å². The number of nitrogens with zero attached hydrogens (tertiary/aromatic N) is 2. The molecule has 0 fully saturated rings. The Morgan fingerprint density at radius 2 is 2.57 bits per heavy atom. The number of ether oxygens (including phenoxy) is 1. The van der Waals surface area contributed by atoms with Gasteiger partial charge in [0.1, 0.15) is 0 Å². The number of hydrogen-bond donors (Lipinski definition) is 1. The van der Waals surface area contributed by atoms with Crippen molar-refractivity contribution in [2.75, 3.05) is 13.7 Å². The lowest BCUT2D eigenvalue weighted by atomic mass is 10.0. The van der Waals surface area contributed by atoms with Crippen LogP contribution in [-0.4, -0.2) is 23.2 Å². The summed E-state index contributed by atoms with van der Waals surface area (Å²) in [4.78, 5) is 0. The molecule has 1 aromatic heterocycles. The monoisotopic (exact) mass is 211 g/mol. The standard InChI is InChI=1S/C9H13N3OS/c1-10-9(8-6-14-12-11-8)7-3-2-4-13-5-7/h5-6,9-10H,2-4H2,1H3. The molecule has 1 aliphatic heterocycles. The third kappa shape index (κ3) is 1.93. The van der Waals surface area contributed by atoms with Gasteiger partial charge in [0.25, 0.3) is 0 Å². The first-order valence-corrected chi connectivity index (χ1v) is 5.50. The minimum atomic E-state index is 0.161. The quantitative estimate of drug-likeness (QED) is 0.823. The van der Waals surface area contributed by atoms with E-state index in [1.165, 1.54) is 17.1 Å². The molecule has 2 heterocycles. The van der Waals surface area contributed by atoms with Crippen LogP contribution in [0.5, 0.6) is 0 Å². The van der Waals surface area contributed by atoms with Gasteiger partial charge >= 0.3 is 0 Å². The predicted molar refractivity (Wildman–Crippen MR) is 55.0 cm³/mol. The van der Waals surface area contributed by atoms with E-state index in [0.717, 1.165) is 25.1 Å². The van der Waals surface area contributed by atoms with Gasteiger partial charge in [0.15, 0.2) is 0 Å². The third-order valence-electron chi connectivity index (χ3n) is 2.29. The van der Waals surface area contributed by atoms with E-state index in [1.54, 1.807) is 0 Å². The molecule has 1 aliphatic rings. The Hall–Kier alpha value is -0.940. The molecule has 14 heavy (non-hydrogen) atoms. The zero-order valence-corrected chi connectivity index (χ0v) is 8.88. The van der Waals surface area contributed by atoms with Crippen molar-refractivity contribution in [1.29, 1.82) is 0 Å². The molecule has 0 spiro atoms. The molecule has 1 aromatic rings. The molecular formula is C9H13N3OS. The van der Waals surface area contributed by atoms with Crippen LogP contribution in [0.1, 0.15) is 24.6 Å². The van der Waals surface area contributed by atoms with Gasteiger partial charge < -0.3 is 10.1 Å². The van der Waals surface area contributed by atoms with E-state index in [1.807, 2.05) is 18.7 Å². The first kappa shape index (κ1) is 9.61. The Kier molecular flexibility index (Phi) is 3.10. The summed E-state index contributed by atoms with van der Waals surface area (Å²) >= 11 is 1.38. The second-order valence-corrected chi connectivity index (χ2v) is 3.83. The van der Waals surface area contributed by atoms with Crippen molar-refractivity contribution in [2.45, 2.75) is 18.9 Å². The van der Waals surface area contributed by atoms with E-state index in [4.69, 9.17) is 4.74 Å². The minimum Gasteiger partial charge on any atom is -0.501 e. The van der Waals surface area contributed by atoms with Gasteiger partial charge in [-0.25, -0.2) is 0 Å². The van der Waals surface area contributed by atoms with Crippen molar-refractivity contribution >= 4 is 11.5 Å². The first-order chi connectivity index (χ1) is 6.92. The Balaban J connectivity index is 2.16. The molecule has 0 radical (unpaired) electrons. The van der Waals surface area contributed by atoms with Crippen molar-refractivity contribution in [3.05, 3.63) is 22.9 Å². The van der Waals surface area contributed by atoms with Crippen LogP contribution in [0, 0.1) is 0 Å². The van der Waals surface area contributed by atoms with Crippen LogP contribution in [0.4, 0.5) is 0 Å². The van der Waals surface area contributed by atoms with Gasteiger partial charge in [-0.3, -0.25) is 0 Å². The van der Waals surface area contributed by atoms with Gasteiger partial charge in [0, 0.05) is 5.38 Å². The zero-order valence-electron chi connectivity index (χ0n) is 8.06. The van der Waals surface area contributed by atoms with Gasteiger partial charge in [-0.1, -0.05) is 4.49 Å². The van der Waals surface area contributed by atoms with Gasteiger partial charge in [0.2, 0.25) is 0 Å². The Morgan fingerprint density at radius 1 is 1.64 bits per heavy atom. The molecule has 4 nitrogen and oxygen atoms in total. The Bertz CT molecular complexity index is 310. The van der Waals surface area contributed by atoms with E-state index in [0.29, 0.717) is 0 Å². The molecule has 1 unspecified atom stereocenters. The Morgan fingerprint density at radius 3 is 3.14 bits per heavy atom. The summed E-state index contributed by atoms with van der Waals surface area (Å²) in [5.41, 5.74) is 2.24. The maximum atomic E-state index is 5.32. The summed E-state index contributed by atoms with van der Waals surface area (Å²) in [6.45, 7) is 0.829. The number of rotatable bonds is 3. The SMILES string of the molecule is CNC(C1=COCCC1)c1csnn1. The highest BCUT2D eigenvalue weighted by molar-refractivity contribution is 7.03. The summed E-state index contributed by atoms with van der Waals surface area (Å²) in [6.07, 6.45) is 4.01. The molecule has 0 aromatic carbocycles. The molecule has 0 aliphatic carbocycles. The van der Waals surface area contributed by atoms with Crippen LogP contribution in [0.3, 0.4) is 0 Å². The summed E-state index contributed by atoms with van der Waals surface area (Å²) < 4.78 is 9.19. The topological polar surface area (TPSA) is 47.0 Å². The predicted octanol–water partition coefficient (Wildman–Crippen LogP) is 1.49. The summed E-state index contributed by atoms with van der Waals surface area (Å²) in [7, 11) is 1.93. The van der Waals surface area contributed by atoms with E-state index >= 15 is 0 Å². The lowest BCUT2D eigenvalue weighted by Crippen LogP contribution is -2.21. The van der Waals surface area contributed by atoms with Crippen LogP contribution >= 0.6 is 11.5 Å². The normalized spacial score (nSPS) is 18.5. The van der Waals surface area contributed by atoms with Crippen LogP contribution in [0.25, 0.3) is 0 Å². The zero-order chi connectivity index (χ0) is 9.80. The smallest absolute Gasteiger partial charge is 0.0967 e. The summed E-state index contributed by atoms with van der Waals surface area (Å²) in [5, 5.41) is 9.27. The molecule has 1 N–H and O–H groups in total. The highest BCUT2D eigenvalue weighted by Crippen LogP contribution is 2.26. The van der Waals surface area contributed by atoms with E-state index in [9.17, 15) is 0 Å². The molecule has 1 atom stereocenters. The molecule has 5 heteroatoms. The van der Waals surface area contributed by atoms with E-state index in [2.05, 4.69) is 14.9 Å². The van der Waals surface area contributed by atoms with Crippen LogP contribution < -0.4 is 5.32 Å². The van der Waals surface area contributed by atoms with Crippen LogP contribution in [0.15, 0.2) is 17.2 Å². The van der Waals surface area contributed by atoms with Gasteiger partial charge in [-0.2, -0.15) is 0 Å². The molecule has 76 valence electrons. The largest absolute Gasteiger partial charge is 0.501 e. The summed E-state index contributed by atoms with van der Waals surface area (Å²) in [6, 6.07) is 0.161. The van der Waals surface area contributed by atoms with E-state index in [-0.39, 0.29) is 6.04 Å². The molecule has 0 bridgehead atoms. The molecule has 0 saturated heterocycles. The summed E-state index contributed by atoms with van der Waals surface area (Å²) in [5.74, 6) is 0. The molecule has 2 rings (SSSR count). The average Bonchev–Trinajstić information content (AvgIpc) is 2.74. The lowest BCUT2D eigenvalue weighted by Gasteiger charge is -2.20. The lowest BCUT2D eigenvalue weighted by molar-refractivity contribution is 0.219. The fraction of sp³-hybridized carbons (Fsp3) is 0.556. The van der Waals surface area contributed by atoms with Crippen molar-refractivity contribution in [3.63, 3.8) is 0 Å². The van der Waals surface area contributed by atoms with Crippen LogP contribution in [-0.2, 0) is 4.74 Å². The average molecular weight is 211 g/mol. The highest BCUT2D eigenvalue weighted by Gasteiger charge is 2.19. The van der Waals surface area contributed by atoms with Crippen molar-refractivity contribution in [1.82, 2.24) is 14.9 Å². The fourth-order valence-electron chi connectivity index (χ4n) is 1.62. The van der Waals surface area contributed by atoms with Gasteiger partial charge in [-0.15, -0.1) is 5.10 Å². The number of aromatic nitrogens is 2. The maximum absolute atomic E-state index is 5.32. The second kappa shape index (κ2) is 4.52. The second-order valence-electron chi connectivity index (χ2n) is 3.22. The first-order valence-electron chi connectivity index (χ1n) is 4.66. The molecule has 0 saturated carbocycles. The van der Waals surface area contributed by atoms with Crippen LogP contribution in [0.2, 0.25) is 0 Å². The number of nitrogens with one attached hydrogen (secondary N) is 1. The fourth-order valence-corrected chi connectivity index (χ4v) is 2.10. The number of hydrogen-bond acceptors (Lipinski definition) is 5. The molecular weight excluding hydrogens is 198 g/mol. The number of likely N-dealkylation sites (N-methyl/N-ethyl adjacent to an activating group) is 1. The van der Waals surface area contributed by atoms with Gasteiger partial charge in [-0.05, 0) is 37.0 Å². The van der Waals surface area contributed by atoms with Crippen molar-refractivity contribution < 1.29 is 4.74 Å².